The minimum Gasteiger partial charge on any atom is -0.310 e. The number of anilines is 1. The summed E-state index contributed by atoms with van der Waals surface area (Å²) in [6, 6.07) is 3.83. The van der Waals surface area contributed by atoms with Gasteiger partial charge < -0.3 is 5.32 Å². The number of rotatable bonds is 3. The lowest BCUT2D eigenvalue weighted by Gasteiger charge is -2.55. The molecule has 6 heteroatoms. The van der Waals surface area contributed by atoms with Crippen LogP contribution >= 0.6 is 0 Å². The van der Waals surface area contributed by atoms with Gasteiger partial charge in [-0.2, -0.15) is 5.10 Å². The number of amides is 1. The van der Waals surface area contributed by atoms with Crippen LogP contribution in [0.1, 0.15) is 49.9 Å². The molecule has 4 aliphatic carbocycles. The molecule has 6 rings (SSSR count). The van der Waals surface area contributed by atoms with Crippen LogP contribution in [0.3, 0.4) is 0 Å². The van der Waals surface area contributed by atoms with E-state index in [0.717, 1.165) is 48.4 Å². The highest BCUT2D eigenvalue weighted by Gasteiger charge is 2.54. The predicted octanol–water partition coefficient (Wildman–Crippen LogP) is 3.43. The van der Waals surface area contributed by atoms with Gasteiger partial charge in [0.05, 0.1) is 11.1 Å². The normalized spacial score (nSPS) is 32.0. The first kappa shape index (κ1) is 16.0. The van der Waals surface area contributed by atoms with Crippen molar-refractivity contribution in [1.29, 1.82) is 0 Å². The second-order valence-corrected chi connectivity index (χ2v) is 8.75. The van der Waals surface area contributed by atoms with E-state index < -0.39 is 0 Å². The highest BCUT2D eigenvalue weighted by molar-refractivity contribution is 5.95. The molecule has 1 N–H and O–H groups in total. The first-order chi connectivity index (χ1) is 12.5. The Bertz CT molecular complexity index is 836. The first-order valence-electron chi connectivity index (χ1n) is 9.68. The van der Waals surface area contributed by atoms with Crippen LogP contribution in [0, 0.1) is 37.0 Å². The zero-order valence-corrected chi connectivity index (χ0v) is 15.4. The van der Waals surface area contributed by atoms with Crippen LogP contribution in [0.2, 0.25) is 0 Å². The Morgan fingerprint density at radius 3 is 2.31 bits per heavy atom. The Morgan fingerprint density at radius 1 is 1.08 bits per heavy atom. The lowest BCUT2D eigenvalue weighted by molar-refractivity contribution is -0.140. The van der Waals surface area contributed by atoms with E-state index in [4.69, 9.17) is 0 Å². The third kappa shape index (κ3) is 2.54. The summed E-state index contributed by atoms with van der Waals surface area (Å²) in [6.45, 7) is 3.95. The monoisotopic (exact) mass is 351 g/mol. The van der Waals surface area contributed by atoms with Crippen molar-refractivity contribution in [3.63, 3.8) is 0 Å². The van der Waals surface area contributed by atoms with Crippen molar-refractivity contribution in [3.8, 4) is 5.82 Å². The molecule has 0 atom stereocenters. The van der Waals surface area contributed by atoms with Gasteiger partial charge in [-0.1, -0.05) is 0 Å². The Balaban J connectivity index is 1.39. The fourth-order valence-corrected chi connectivity index (χ4v) is 6.03. The van der Waals surface area contributed by atoms with Crippen molar-refractivity contribution in [3.05, 3.63) is 29.8 Å². The molecule has 0 spiro atoms. The van der Waals surface area contributed by atoms with Crippen LogP contribution in [0.4, 0.5) is 5.82 Å². The van der Waals surface area contributed by atoms with Gasteiger partial charge in [-0.25, -0.2) is 14.6 Å². The van der Waals surface area contributed by atoms with E-state index in [1.54, 1.807) is 4.68 Å². The molecule has 2 heterocycles. The smallest absolute Gasteiger partial charge is 0.231 e. The molecular weight excluding hydrogens is 326 g/mol. The molecule has 26 heavy (non-hydrogen) atoms. The van der Waals surface area contributed by atoms with Crippen LogP contribution in [0.5, 0.6) is 0 Å². The Hall–Kier alpha value is -2.24. The fraction of sp³-hybridized carbons (Fsp3) is 0.600. The van der Waals surface area contributed by atoms with E-state index >= 15 is 0 Å². The molecule has 0 aliphatic heterocycles. The molecule has 0 saturated heterocycles. The molecule has 1 amide bonds. The van der Waals surface area contributed by atoms with Crippen molar-refractivity contribution in [2.45, 2.75) is 52.4 Å². The van der Waals surface area contributed by atoms with Crippen molar-refractivity contribution in [2.24, 2.45) is 23.2 Å². The van der Waals surface area contributed by atoms with Crippen LogP contribution in [-0.4, -0.2) is 25.7 Å². The number of hydrogen-bond acceptors (Lipinski definition) is 4. The Labute approximate surface area is 153 Å². The molecule has 4 saturated carbocycles. The SMILES string of the molecule is Cc1cc(C)n(-c2cc(NC(=O)C34CC5CC(CC(C5)C3)C4)ncn2)n1. The van der Waals surface area contributed by atoms with Gasteiger partial charge in [-0.3, -0.25) is 4.79 Å². The van der Waals surface area contributed by atoms with E-state index in [1.807, 2.05) is 26.0 Å². The van der Waals surface area contributed by atoms with E-state index in [2.05, 4.69) is 20.4 Å². The van der Waals surface area contributed by atoms with Crippen LogP contribution in [0.15, 0.2) is 18.5 Å². The number of aryl methyl sites for hydroxylation is 2. The van der Waals surface area contributed by atoms with Gasteiger partial charge in [-0.05, 0) is 76.2 Å². The van der Waals surface area contributed by atoms with Gasteiger partial charge in [0.15, 0.2) is 5.82 Å². The highest BCUT2D eigenvalue weighted by atomic mass is 16.2. The summed E-state index contributed by atoms with van der Waals surface area (Å²) in [5, 5.41) is 7.57. The largest absolute Gasteiger partial charge is 0.310 e. The zero-order valence-electron chi connectivity index (χ0n) is 15.4. The molecule has 136 valence electrons. The maximum Gasteiger partial charge on any atom is 0.231 e. The lowest BCUT2D eigenvalue weighted by Crippen LogP contribution is -2.51. The summed E-state index contributed by atoms with van der Waals surface area (Å²) < 4.78 is 1.79. The molecule has 4 bridgehead atoms. The number of aromatic nitrogens is 4. The maximum absolute atomic E-state index is 13.2. The summed E-state index contributed by atoms with van der Waals surface area (Å²) in [5.41, 5.74) is 1.79. The molecule has 0 unspecified atom stereocenters. The van der Waals surface area contributed by atoms with Gasteiger partial charge in [0.25, 0.3) is 0 Å². The maximum atomic E-state index is 13.2. The van der Waals surface area contributed by atoms with Crippen molar-refractivity contribution in [1.82, 2.24) is 19.7 Å². The average molecular weight is 351 g/mol. The summed E-state index contributed by atoms with van der Waals surface area (Å²) in [4.78, 5) is 21.8. The third-order valence-corrected chi connectivity index (χ3v) is 6.64. The second-order valence-electron chi connectivity index (χ2n) is 8.75. The summed E-state index contributed by atoms with van der Waals surface area (Å²) >= 11 is 0. The molecule has 4 aliphatic rings. The molecule has 2 aromatic rings. The average Bonchev–Trinajstić information content (AvgIpc) is 2.92. The minimum absolute atomic E-state index is 0.162. The molecule has 0 radical (unpaired) electrons. The molecule has 0 aromatic carbocycles. The van der Waals surface area contributed by atoms with Crippen molar-refractivity contribution >= 4 is 11.7 Å². The lowest BCUT2D eigenvalue weighted by atomic mass is 9.49. The van der Waals surface area contributed by atoms with Gasteiger partial charge >= 0.3 is 0 Å². The minimum atomic E-state index is -0.169. The molecular formula is C20H25N5O. The van der Waals surface area contributed by atoms with Crippen molar-refractivity contribution < 1.29 is 4.79 Å². The highest BCUT2D eigenvalue weighted by Crippen LogP contribution is 2.60. The quantitative estimate of drug-likeness (QED) is 0.919. The summed E-state index contributed by atoms with van der Waals surface area (Å²) in [5.74, 6) is 3.68. The third-order valence-electron chi connectivity index (χ3n) is 6.64. The van der Waals surface area contributed by atoms with E-state index in [1.165, 1.54) is 25.6 Å². The Morgan fingerprint density at radius 2 is 1.73 bits per heavy atom. The van der Waals surface area contributed by atoms with Crippen LogP contribution < -0.4 is 5.32 Å². The Kier molecular flexibility index (Phi) is 3.46. The van der Waals surface area contributed by atoms with Gasteiger partial charge in [0, 0.05) is 11.8 Å². The van der Waals surface area contributed by atoms with Crippen LogP contribution in [0.25, 0.3) is 5.82 Å². The summed E-state index contributed by atoms with van der Waals surface area (Å²) in [7, 11) is 0. The van der Waals surface area contributed by atoms with E-state index in [-0.39, 0.29) is 11.3 Å². The number of nitrogens with one attached hydrogen (secondary N) is 1. The van der Waals surface area contributed by atoms with Crippen molar-refractivity contribution in [2.75, 3.05) is 5.32 Å². The first-order valence-corrected chi connectivity index (χ1v) is 9.68. The van der Waals surface area contributed by atoms with Gasteiger partial charge in [0.2, 0.25) is 5.91 Å². The van der Waals surface area contributed by atoms with E-state index in [9.17, 15) is 4.79 Å². The summed E-state index contributed by atoms with van der Waals surface area (Å²) in [6.07, 6.45) is 8.67. The number of nitrogens with zero attached hydrogens (tertiary/aromatic N) is 4. The van der Waals surface area contributed by atoms with Gasteiger partial charge in [-0.15, -0.1) is 0 Å². The van der Waals surface area contributed by atoms with Gasteiger partial charge in [0.1, 0.15) is 12.1 Å². The second kappa shape index (κ2) is 5.63. The number of carbonyl (C=O) groups is 1. The topological polar surface area (TPSA) is 72.7 Å². The predicted molar refractivity (Wildman–Crippen MR) is 97.9 cm³/mol. The standard InChI is InChI=1S/C20H25N5O/c1-12-3-13(2)25(24-12)18-7-17(21-11-22-18)23-19(26)20-8-14-4-15(9-20)6-16(5-14)10-20/h3,7,11,14-16H,4-6,8-10H2,1-2H3,(H,21,22,23,26). The molecule has 6 nitrogen and oxygen atoms in total. The fourth-order valence-electron chi connectivity index (χ4n) is 6.03. The number of hydrogen-bond donors (Lipinski definition) is 1. The zero-order chi connectivity index (χ0) is 17.9. The number of carbonyl (C=O) groups excluding carboxylic acids is 1. The molecule has 2 aromatic heterocycles. The molecule has 4 fully saturated rings. The van der Waals surface area contributed by atoms with Crippen LogP contribution in [-0.2, 0) is 4.79 Å². The van der Waals surface area contributed by atoms with E-state index in [0.29, 0.717) is 11.6 Å².